The Kier molecular flexibility index (Phi) is 3.52. The molecule has 0 unspecified atom stereocenters. The summed E-state index contributed by atoms with van der Waals surface area (Å²) in [5, 5.41) is 17.3. The normalized spacial score (nSPS) is 13.5. The molecule has 3 rings (SSSR count). The second kappa shape index (κ2) is 5.34. The minimum atomic E-state index is 0.570. The quantitative estimate of drug-likeness (QED) is 0.940. The smallest absolute Gasteiger partial charge is 0.0995 e. The van der Waals surface area contributed by atoms with Gasteiger partial charge >= 0.3 is 0 Å². The molecule has 2 heterocycles. The summed E-state index contributed by atoms with van der Waals surface area (Å²) < 4.78 is 1.97. The minimum absolute atomic E-state index is 0.570. The molecule has 0 aliphatic carbocycles. The molecule has 108 valence electrons. The monoisotopic (exact) mass is 280 g/mol. The summed E-state index contributed by atoms with van der Waals surface area (Å²) in [7, 11) is 0. The average molecular weight is 280 g/mol. The lowest BCUT2D eigenvalue weighted by atomic mass is 9.96. The molecule has 1 aliphatic heterocycles. The largest absolute Gasteiger partial charge is 0.307 e. The van der Waals surface area contributed by atoms with Crippen LogP contribution >= 0.6 is 0 Å². The van der Waals surface area contributed by atoms with Crippen molar-refractivity contribution < 1.29 is 0 Å². The first-order chi connectivity index (χ1) is 10.1. The minimum Gasteiger partial charge on any atom is -0.307 e. The molecule has 1 aromatic heterocycles. The molecular formula is C17H20N4. The molecule has 0 radical (unpaired) electrons. The molecule has 4 nitrogen and oxygen atoms in total. The van der Waals surface area contributed by atoms with Crippen molar-refractivity contribution in [3.63, 3.8) is 0 Å². The number of nitrogens with one attached hydrogen (secondary N) is 1. The highest BCUT2D eigenvalue weighted by Gasteiger charge is 2.19. The lowest BCUT2D eigenvalue weighted by Gasteiger charge is -2.15. The molecule has 2 aromatic rings. The first kappa shape index (κ1) is 13.8. The Morgan fingerprint density at radius 2 is 2.19 bits per heavy atom. The number of hydrogen-bond donors (Lipinski definition) is 1. The Bertz CT molecular complexity index is 698. The van der Waals surface area contributed by atoms with Crippen molar-refractivity contribution in [1.29, 1.82) is 5.26 Å². The fourth-order valence-corrected chi connectivity index (χ4v) is 2.97. The Balaban J connectivity index is 2.15. The van der Waals surface area contributed by atoms with Crippen molar-refractivity contribution in [3.05, 3.63) is 46.3 Å². The number of fused-ring (bicyclic) bond motifs is 1. The van der Waals surface area contributed by atoms with Crippen LogP contribution < -0.4 is 5.32 Å². The van der Waals surface area contributed by atoms with Gasteiger partial charge in [0.1, 0.15) is 0 Å². The van der Waals surface area contributed by atoms with Crippen LogP contribution in [0.1, 0.15) is 41.8 Å². The molecule has 0 saturated heterocycles. The number of rotatable bonds is 3. The molecule has 0 bridgehead atoms. The van der Waals surface area contributed by atoms with Gasteiger partial charge in [0, 0.05) is 24.8 Å². The lowest BCUT2D eigenvalue weighted by molar-refractivity contribution is 0.640. The van der Waals surface area contributed by atoms with Gasteiger partial charge in [0.25, 0.3) is 0 Å². The number of nitrogens with zero attached hydrogens (tertiary/aromatic N) is 3. The summed E-state index contributed by atoms with van der Waals surface area (Å²) in [4.78, 5) is 0. The standard InChI is InChI=1S/C17H20N4/c1-11(2)6-13-4-5-14(7-18)12(3)17(13)21-10-15-8-19-9-16(15)20-21/h4-5,10-11,19H,6,8-9H2,1-3H3. The summed E-state index contributed by atoms with van der Waals surface area (Å²) in [6, 6.07) is 6.28. The van der Waals surface area contributed by atoms with Crippen LogP contribution in [-0.2, 0) is 19.5 Å². The van der Waals surface area contributed by atoms with E-state index in [0.29, 0.717) is 5.92 Å². The van der Waals surface area contributed by atoms with Crippen molar-refractivity contribution in [2.45, 2.75) is 40.3 Å². The second-order valence-corrected chi connectivity index (χ2v) is 6.10. The summed E-state index contributed by atoms with van der Waals surface area (Å²) in [6.45, 7) is 8.15. The van der Waals surface area contributed by atoms with Crippen LogP contribution in [0.25, 0.3) is 5.69 Å². The summed E-state index contributed by atoms with van der Waals surface area (Å²) in [6.07, 6.45) is 3.09. The molecule has 0 amide bonds. The summed E-state index contributed by atoms with van der Waals surface area (Å²) in [5.41, 5.74) is 6.46. The van der Waals surface area contributed by atoms with E-state index >= 15 is 0 Å². The number of benzene rings is 1. The molecule has 1 aromatic carbocycles. The highest BCUT2D eigenvalue weighted by molar-refractivity contribution is 5.55. The molecule has 0 fully saturated rings. The second-order valence-electron chi connectivity index (χ2n) is 6.10. The topological polar surface area (TPSA) is 53.6 Å². The molecule has 21 heavy (non-hydrogen) atoms. The van der Waals surface area contributed by atoms with Crippen molar-refractivity contribution in [1.82, 2.24) is 15.1 Å². The SMILES string of the molecule is Cc1c(C#N)ccc(CC(C)C)c1-n1cc2c(n1)CNC2. The van der Waals surface area contributed by atoms with Gasteiger partial charge in [-0.05, 0) is 36.5 Å². The number of hydrogen-bond acceptors (Lipinski definition) is 3. The first-order valence-electron chi connectivity index (χ1n) is 7.41. The molecule has 4 heteroatoms. The van der Waals surface area contributed by atoms with Crippen molar-refractivity contribution in [3.8, 4) is 11.8 Å². The number of nitriles is 1. The van der Waals surface area contributed by atoms with E-state index in [-0.39, 0.29) is 0 Å². The van der Waals surface area contributed by atoms with Crippen molar-refractivity contribution in [2.24, 2.45) is 5.92 Å². The zero-order valence-electron chi connectivity index (χ0n) is 12.8. The highest BCUT2D eigenvalue weighted by Crippen LogP contribution is 2.26. The molecule has 1 aliphatic rings. The van der Waals surface area contributed by atoms with Gasteiger partial charge in [0.2, 0.25) is 0 Å². The fourth-order valence-electron chi connectivity index (χ4n) is 2.97. The Labute approximate surface area is 125 Å². The van der Waals surface area contributed by atoms with Crippen LogP contribution in [0.4, 0.5) is 0 Å². The zero-order valence-corrected chi connectivity index (χ0v) is 12.8. The predicted molar refractivity (Wildman–Crippen MR) is 82.1 cm³/mol. The van der Waals surface area contributed by atoms with Gasteiger partial charge in [0.15, 0.2) is 0 Å². The molecular weight excluding hydrogens is 260 g/mol. The summed E-state index contributed by atoms with van der Waals surface area (Å²) >= 11 is 0. The van der Waals surface area contributed by atoms with Crippen LogP contribution in [0.15, 0.2) is 18.3 Å². The first-order valence-corrected chi connectivity index (χ1v) is 7.41. The van der Waals surface area contributed by atoms with E-state index < -0.39 is 0 Å². The van der Waals surface area contributed by atoms with Gasteiger partial charge in [0.05, 0.1) is 23.0 Å². The lowest BCUT2D eigenvalue weighted by Crippen LogP contribution is -2.09. The maximum absolute atomic E-state index is 9.29. The van der Waals surface area contributed by atoms with E-state index in [1.54, 1.807) is 0 Å². The van der Waals surface area contributed by atoms with Gasteiger partial charge in [-0.2, -0.15) is 10.4 Å². The highest BCUT2D eigenvalue weighted by atomic mass is 15.3. The van der Waals surface area contributed by atoms with Crippen LogP contribution in [0.3, 0.4) is 0 Å². The van der Waals surface area contributed by atoms with Crippen LogP contribution in [0.5, 0.6) is 0 Å². The predicted octanol–water partition coefficient (Wildman–Crippen LogP) is 2.85. The van der Waals surface area contributed by atoms with E-state index in [0.717, 1.165) is 42.0 Å². The Morgan fingerprint density at radius 1 is 1.38 bits per heavy atom. The van der Waals surface area contributed by atoms with Crippen LogP contribution in [0.2, 0.25) is 0 Å². The van der Waals surface area contributed by atoms with Gasteiger partial charge < -0.3 is 5.32 Å². The molecule has 0 saturated carbocycles. The van der Waals surface area contributed by atoms with E-state index in [1.807, 2.05) is 17.7 Å². The zero-order chi connectivity index (χ0) is 15.0. The Morgan fingerprint density at radius 3 is 2.86 bits per heavy atom. The van der Waals surface area contributed by atoms with Crippen molar-refractivity contribution in [2.75, 3.05) is 0 Å². The van der Waals surface area contributed by atoms with Crippen LogP contribution in [-0.4, -0.2) is 9.78 Å². The van der Waals surface area contributed by atoms with E-state index in [2.05, 4.69) is 37.5 Å². The fraction of sp³-hybridized carbons (Fsp3) is 0.412. The van der Waals surface area contributed by atoms with Gasteiger partial charge in [-0.25, -0.2) is 4.68 Å². The van der Waals surface area contributed by atoms with Gasteiger partial charge in [-0.1, -0.05) is 19.9 Å². The number of aromatic nitrogens is 2. The van der Waals surface area contributed by atoms with E-state index in [9.17, 15) is 5.26 Å². The van der Waals surface area contributed by atoms with Gasteiger partial charge in [-0.3, -0.25) is 0 Å². The van der Waals surface area contributed by atoms with Crippen LogP contribution in [0, 0.1) is 24.2 Å². The maximum atomic E-state index is 9.29. The van der Waals surface area contributed by atoms with E-state index in [4.69, 9.17) is 5.10 Å². The molecule has 0 spiro atoms. The average Bonchev–Trinajstić information content (AvgIpc) is 2.99. The third-order valence-corrected chi connectivity index (χ3v) is 3.98. The van der Waals surface area contributed by atoms with Gasteiger partial charge in [-0.15, -0.1) is 0 Å². The van der Waals surface area contributed by atoms with Crippen molar-refractivity contribution >= 4 is 0 Å². The summed E-state index contributed by atoms with van der Waals surface area (Å²) in [5.74, 6) is 0.570. The van der Waals surface area contributed by atoms with E-state index in [1.165, 1.54) is 11.1 Å². The third-order valence-electron chi connectivity index (χ3n) is 3.98. The maximum Gasteiger partial charge on any atom is 0.0995 e. The molecule has 1 N–H and O–H groups in total. The molecule has 0 atom stereocenters. The third kappa shape index (κ3) is 2.45. The Hall–Kier alpha value is -2.12.